The van der Waals surface area contributed by atoms with Gasteiger partial charge in [0.1, 0.15) is 0 Å². The van der Waals surface area contributed by atoms with Gasteiger partial charge in [-0.25, -0.2) is 4.79 Å². The van der Waals surface area contributed by atoms with Crippen LogP contribution in [0.1, 0.15) is 12.8 Å². The molecule has 7 heteroatoms. The molecule has 1 aliphatic rings. The number of carboxylic acid groups (broad SMARTS) is 1. The summed E-state index contributed by atoms with van der Waals surface area (Å²) in [5.74, 6) is -1.33. The van der Waals surface area contributed by atoms with E-state index in [0.717, 1.165) is 0 Å². The van der Waals surface area contributed by atoms with Crippen LogP contribution in [0.2, 0.25) is 5.02 Å². The maximum absolute atomic E-state index is 12.1. The fourth-order valence-electron chi connectivity index (χ4n) is 2.15. The van der Waals surface area contributed by atoms with Gasteiger partial charge in [-0.2, -0.15) is 0 Å². The number of amides is 2. The van der Waals surface area contributed by atoms with Crippen molar-refractivity contribution in [2.75, 3.05) is 18.4 Å². The van der Waals surface area contributed by atoms with Crippen LogP contribution < -0.4 is 5.32 Å². The van der Waals surface area contributed by atoms with E-state index in [1.165, 1.54) is 4.90 Å². The number of carboxylic acids is 1. The number of nitrogens with zero attached hydrogens (tertiary/aromatic N) is 1. The largest absolute Gasteiger partial charge is 0.481 e. The van der Waals surface area contributed by atoms with Crippen LogP contribution in [0.4, 0.5) is 10.5 Å². The molecule has 0 radical (unpaired) electrons. The molecule has 1 unspecified atom stereocenters. The van der Waals surface area contributed by atoms with E-state index in [1.807, 2.05) is 0 Å². The highest BCUT2D eigenvalue weighted by atomic mass is 79.9. The van der Waals surface area contributed by atoms with Crippen molar-refractivity contribution in [1.82, 2.24) is 4.90 Å². The lowest BCUT2D eigenvalue weighted by Crippen LogP contribution is -2.44. The summed E-state index contributed by atoms with van der Waals surface area (Å²) in [6.45, 7) is 0.813. The van der Waals surface area contributed by atoms with Crippen molar-refractivity contribution in [2.24, 2.45) is 5.92 Å². The summed E-state index contributed by atoms with van der Waals surface area (Å²) < 4.78 is 0.685. The van der Waals surface area contributed by atoms with Crippen LogP contribution in [0, 0.1) is 5.92 Å². The third kappa shape index (κ3) is 3.64. The second-order valence-electron chi connectivity index (χ2n) is 4.68. The third-order valence-corrected chi connectivity index (χ3v) is 4.12. The zero-order chi connectivity index (χ0) is 14.7. The number of halogens is 2. The first kappa shape index (κ1) is 15.1. The van der Waals surface area contributed by atoms with Crippen LogP contribution in [0.3, 0.4) is 0 Å². The maximum Gasteiger partial charge on any atom is 0.321 e. The molecule has 1 fully saturated rings. The molecule has 1 heterocycles. The lowest BCUT2D eigenvalue weighted by Gasteiger charge is -2.30. The highest BCUT2D eigenvalue weighted by Gasteiger charge is 2.28. The van der Waals surface area contributed by atoms with Gasteiger partial charge in [0.2, 0.25) is 0 Å². The molecule has 1 aliphatic heterocycles. The number of hydrogen-bond donors (Lipinski definition) is 2. The van der Waals surface area contributed by atoms with E-state index in [1.54, 1.807) is 18.2 Å². The Labute approximate surface area is 130 Å². The Morgan fingerprint density at radius 1 is 1.45 bits per heavy atom. The number of piperidine rings is 1. The fraction of sp³-hybridized carbons (Fsp3) is 0.385. The number of anilines is 1. The maximum atomic E-state index is 12.1. The quantitative estimate of drug-likeness (QED) is 0.848. The van der Waals surface area contributed by atoms with Crippen molar-refractivity contribution in [3.05, 3.63) is 27.7 Å². The Morgan fingerprint density at radius 3 is 2.85 bits per heavy atom. The monoisotopic (exact) mass is 360 g/mol. The first-order valence-corrected chi connectivity index (χ1v) is 7.38. The van der Waals surface area contributed by atoms with Gasteiger partial charge in [-0.05, 0) is 47.0 Å². The summed E-state index contributed by atoms with van der Waals surface area (Å²) >= 11 is 9.16. The Bertz CT molecular complexity index is 538. The number of carbonyl (C=O) groups is 2. The number of nitrogens with one attached hydrogen (secondary N) is 1. The van der Waals surface area contributed by atoms with Gasteiger partial charge in [-0.15, -0.1) is 0 Å². The Hall–Kier alpha value is -1.27. The normalized spacial score (nSPS) is 18.7. The van der Waals surface area contributed by atoms with E-state index in [9.17, 15) is 9.59 Å². The molecule has 1 atom stereocenters. The predicted molar refractivity (Wildman–Crippen MR) is 80.1 cm³/mol. The average Bonchev–Trinajstić information content (AvgIpc) is 2.42. The summed E-state index contributed by atoms with van der Waals surface area (Å²) in [5, 5.41) is 12.3. The van der Waals surface area contributed by atoms with Gasteiger partial charge in [0.05, 0.1) is 11.6 Å². The van der Waals surface area contributed by atoms with Crippen molar-refractivity contribution in [3.8, 4) is 0 Å². The molecular formula is C13H14BrClN2O3. The number of benzene rings is 1. The van der Waals surface area contributed by atoms with Gasteiger partial charge in [0.15, 0.2) is 0 Å². The lowest BCUT2D eigenvalue weighted by molar-refractivity contribution is -0.143. The summed E-state index contributed by atoms with van der Waals surface area (Å²) in [5.41, 5.74) is 0.608. The highest BCUT2D eigenvalue weighted by molar-refractivity contribution is 9.10. The first-order chi connectivity index (χ1) is 9.47. The van der Waals surface area contributed by atoms with Crippen LogP contribution in [0.5, 0.6) is 0 Å². The molecule has 0 aromatic heterocycles. The summed E-state index contributed by atoms with van der Waals surface area (Å²) in [6.07, 6.45) is 1.32. The van der Waals surface area contributed by atoms with Crippen LogP contribution in [0.15, 0.2) is 22.7 Å². The van der Waals surface area contributed by atoms with E-state index in [2.05, 4.69) is 21.2 Å². The molecule has 108 valence electrons. The zero-order valence-electron chi connectivity index (χ0n) is 10.6. The van der Waals surface area contributed by atoms with E-state index in [-0.39, 0.29) is 12.6 Å². The number of aliphatic carboxylic acids is 1. The number of hydrogen-bond acceptors (Lipinski definition) is 2. The van der Waals surface area contributed by atoms with Crippen LogP contribution >= 0.6 is 27.5 Å². The Kier molecular flexibility index (Phi) is 4.88. The number of likely N-dealkylation sites (tertiary alicyclic amines) is 1. The van der Waals surface area contributed by atoms with E-state index < -0.39 is 11.9 Å². The molecule has 1 aromatic rings. The number of carbonyl (C=O) groups excluding carboxylic acids is 1. The average molecular weight is 362 g/mol. The van der Waals surface area contributed by atoms with Crippen molar-refractivity contribution in [1.29, 1.82) is 0 Å². The molecular weight excluding hydrogens is 348 g/mol. The van der Waals surface area contributed by atoms with Crippen molar-refractivity contribution >= 4 is 45.2 Å². The highest BCUT2D eigenvalue weighted by Crippen LogP contribution is 2.26. The second kappa shape index (κ2) is 6.45. The molecule has 5 nitrogen and oxygen atoms in total. The molecule has 2 rings (SSSR count). The molecule has 20 heavy (non-hydrogen) atoms. The summed E-state index contributed by atoms with van der Waals surface area (Å²) in [4.78, 5) is 24.7. The minimum Gasteiger partial charge on any atom is -0.481 e. The molecule has 1 aromatic carbocycles. The minimum absolute atomic E-state index is 0.242. The molecule has 0 spiro atoms. The Morgan fingerprint density at radius 2 is 2.20 bits per heavy atom. The van der Waals surface area contributed by atoms with Crippen LogP contribution in [-0.2, 0) is 4.79 Å². The fourth-order valence-corrected chi connectivity index (χ4v) is 2.93. The lowest BCUT2D eigenvalue weighted by atomic mass is 9.99. The predicted octanol–water partition coefficient (Wildman–Crippen LogP) is 3.43. The van der Waals surface area contributed by atoms with Crippen LogP contribution in [0.25, 0.3) is 0 Å². The third-order valence-electron chi connectivity index (χ3n) is 3.23. The molecule has 0 bridgehead atoms. The molecule has 1 saturated heterocycles. The number of rotatable bonds is 2. The molecule has 2 N–H and O–H groups in total. The minimum atomic E-state index is -0.852. The molecule has 2 amide bonds. The van der Waals surface area contributed by atoms with Crippen LogP contribution in [-0.4, -0.2) is 35.1 Å². The number of urea groups is 1. The van der Waals surface area contributed by atoms with Gasteiger partial charge in [-0.3, -0.25) is 4.79 Å². The summed E-state index contributed by atoms with van der Waals surface area (Å²) in [6, 6.07) is 4.77. The SMILES string of the molecule is O=C(O)C1CCCN(C(=O)Nc2ccc(Cl)cc2Br)C1. The van der Waals surface area contributed by atoms with Crippen molar-refractivity contribution < 1.29 is 14.7 Å². The van der Waals surface area contributed by atoms with Gasteiger partial charge < -0.3 is 15.3 Å². The first-order valence-electron chi connectivity index (χ1n) is 6.21. The van der Waals surface area contributed by atoms with Crippen molar-refractivity contribution in [3.63, 3.8) is 0 Å². The molecule has 0 aliphatic carbocycles. The van der Waals surface area contributed by atoms with Gasteiger partial charge in [-0.1, -0.05) is 11.6 Å². The zero-order valence-corrected chi connectivity index (χ0v) is 12.9. The van der Waals surface area contributed by atoms with Gasteiger partial charge >= 0.3 is 12.0 Å². The Balaban J connectivity index is 2.02. The van der Waals surface area contributed by atoms with Crippen molar-refractivity contribution in [2.45, 2.75) is 12.8 Å². The van der Waals surface area contributed by atoms with E-state index in [0.29, 0.717) is 34.6 Å². The topological polar surface area (TPSA) is 69.6 Å². The second-order valence-corrected chi connectivity index (χ2v) is 5.97. The van der Waals surface area contributed by atoms with E-state index >= 15 is 0 Å². The van der Waals surface area contributed by atoms with Gasteiger partial charge in [0.25, 0.3) is 0 Å². The van der Waals surface area contributed by atoms with E-state index in [4.69, 9.17) is 16.7 Å². The smallest absolute Gasteiger partial charge is 0.321 e. The molecule has 0 saturated carbocycles. The summed E-state index contributed by atoms with van der Waals surface area (Å²) in [7, 11) is 0. The van der Waals surface area contributed by atoms with Gasteiger partial charge in [0, 0.05) is 22.6 Å². The standard InChI is InChI=1S/C13H14BrClN2O3/c14-10-6-9(15)3-4-11(10)16-13(20)17-5-1-2-8(7-17)12(18)19/h3-4,6,8H,1-2,5,7H2,(H,16,20)(H,18,19).